The molecule has 0 spiro atoms. The van der Waals surface area contributed by atoms with E-state index in [0.717, 1.165) is 31.2 Å². The van der Waals surface area contributed by atoms with Crippen molar-refractivity contribution in [3.63, 3.8) is 0 Å². The van der Waals surface area contributed by atoms with Crippen LogP contribution < -0.4 is 10.6 Å². The van der Waals surface area contributed by atoms with Gasteiger partial charge in [0.2, 0.25) is 0 Å². The van der Waals surface area contributed by atoms with Crippen LogP contribution in [0.5, 0.6) is 0 Å². The number of anilines is 1. The summed E-state index contributed by atoms with van der Waals surface area (Å²) in [6.45, 7) is 6.53. The van der Waals surface area contributed by atoms with Crippen molar-refractivity contribution < 1.29 is 9.59 Å². The first-order valence-corrected chi connectivity index (χ1v) is 10.2. The lowest BCUT2D eigenvalue weighted by Crippen LogP contribution is -2.40. The number of benzene rings is 1. The lowest BCUT2D eigenvalue weighted by Gasteiger charge is -2.30. The van der Waals surface area contributed by atoms with Crippen LogP contribution in [0.4, 0.5) is 10.5 Å². The molecule has 1 saturated heterocycles. The van der Waals surface area contributed by atoms with Gasteiger partial charge in [0.1, 0.15) is 0 Å². The van der Waals surface area contributed by atoms with Gasteiger partial charge in [0.25, 0.3) is 5.91 Å². The van der Waals surface area contributed by atoms with Crippen LogP contribution in [-0.2, 0) is 0 Å². The van der Waals surface area contributed by atoms with Crippen LogP contribution in [0.15, 0.2) is 48.8 Å². The van der Waals surface area contributed by atoms with Crippen LogP contribution >= 0.6 is 0 Å². The molecule has 29 heavy (non-hydrogen) atoms. The third-order valence-corrected chi connectivity index (χ3v) is 4.97. The molecular formula is C23H30N4O2. The zero-order valence-electron chi connectivity index (χ0n) is 17.4. The van der Waals surface area contributed by atoms with E-state index >= 15 is 0 Å². The van der Waals surface area contributed by atoms with Crippen molar-refractivity contribution in [1.29, 1.82) is 0 Å². The standard InChI is InChI=1S/C23H30N4O2/c1-23(2,3)26-21(28)18-8-7-9-19(16-18)25-22(29)27-15-6-4-5-10-20(27)17-11-13-24-14-12-17/h7-9,11-14,16,20H,4-6,10,15H2,1-3H3,(H,25,29)(H,26,28). The van der Waals surface area contributed by atoms with Gasteiger partial charge in [-0.3, -0.25) is 9.78 Å². The van der Waals surface area contributed by atoms with Crippen LogP contribution in [0.1, 0.15) is 68.4 Å². The molecule has 2 N–H and O–H groups in total. The number of aromatic nitrogens is 1. The second-order valence-electron chi connectivity index (χ2n) is 8.55. The van der Waals surface area contributed by atoms with Gasteiger partial charge >= 0.3 is 6.03 Å². The summed E-state index contributed by atoms with van der Waals surface area (Å²) < 4.78 is 0. The third-order valence-electron chi connectivity index (χ3n) is 4.97. The van der Waals surface area contributed by atoms with Crippen LogP contribution in [0, 0.1) is 0 Å². The van der Waals surface area contributed by atoms with Crippen molar-refractivity contribution in [3.8, 4) is 0 Å². The van der Waals surface area contributed by atoms with Crippen molar-refractivity contribution in [2.24, 2.45) is 0 Å². The van der Waals surface area contributed by atoms with Crippen molar-refractivity contribution in [2.75, 3.05) is 11.9 Å². The van der Waals surface area contributed by atoms with E-state index in [1.165, 1.54) is 0 Å². The number of hydrogen-bond acceptors (Lipinski definition) is 3. The fraction of sp³-hybridized carbons (Fsp3) is 0.435. The Morgan fingerprint density at radius 2 is 1.83 bits per heavy atom. The summed E-state index contributed by atoms with van der Waals surface area (Å²) in [7, 11) is 0. The first-order chi connectivity index (χ1) is 13.8. The maximum atomic E-state index is 13.1. The van der Waals surface area contributed by atoms with Crippen LogP contribution in [-0.4, -0.2) is 33.9 Å². The van der Waals surface area contributed by atoms with E-state index < -0.39 is 0 Å². The third kappa shape index (κ3) is 5.79. The summed E-state index contributed by atoms with van der Waals surface area (Å²) in [4.78, 5) is 31.6. The summed E-state index contributed by atoms with van der Waals surface area (Å²) in [6.07, 6.45) is 7.68. The molecular weight excluding hydrogens is 364 g/mol. The number of pyridine rings is 1. The second kappa shape index (κ2) is 9.07. The van der Waals surface area contributed by atoms with E-state index in [2.05, 4.69) is 15.6 Å². The van der Waals surface area contributed by atoms with Crippen molar-refractivity contribution in [1.82, 2.24) is 15.2 Å². The van der Waals surface area contributed by atoms with E-state index in [9.17, 15) is 9.59 Å². The Morgan fingerprint density at radius 1 is 1.07 bits per heavy atom. The minimum atomic E-state index is -0.319. The van der Waals surface area contributed by atoms with Gasteiger partial charge in [0, 0.05) is 35.7 Å². The molecule has 1 aromatic carbocycles. The molecule has 0 saturated carbocycles. The predicted molar refractivity (Wildman–Crippen MR) is 115 cm³/mol. The molecule has 154 valence electrons. The molecule has 3 rings (SSSR count). The molecule has 1 aromatic heterocycles. The molecule has 3 amide bonds. The Balaban J connectivity index is 1.76. The quantitative estimate of drug-likeness (QED) is 0.788. The van der Waals surface area contributed by atoms with Crippen molar-refractivity contribution in [3.05, 3.63) is 59.9 Å². The van der Waals surface area contributed by atoms with Gasteiger partial charge in [0.15, 0.2) is 0 Å². The molecule has 0 radical (unpaired) electrons. The normalized spacial score (nSPS) is 17.3. The number of urea groups is 1. The summed E-state index contributed by atoms with van der Waals surface area (Å²) in [5.41, 5.74) is 1.93. The topological polar surface area (TPSA) is 74.3 Å². The van der Waals surface area contributed by atoms with Gasteiger partial charge in [0.05, 0.1) is 6.04 Å². The first-order valence-electron chi connectivity index (χ1n) is 10.2. The number of nitrogens with zero attached hydrogens (tertiary/aromatic N) is 2. The number of carbonyl (C=O) groups is 2. The molecule has 2 aromatic rings. The minimum Gasteiger partial charge on any atom is -0.347 e. The van der Waals surface area contributed by atoms with Gasteiger partial charge in [-0.25, -0.2) is 4.79 Å². The zero-order chi connectivity index (χ0) is 20.9. The molecule has 1 aliphatic rings. The SMILES string of the molecule is CC(C)(C)NC(=O)c1cccc(NC(=O)N2CCCCCC2c2ccncc2)c1. The number of likely N-dealkylation sites (tertiary alicyclic amines) is 1. The summed E-state index contributed by atoms with van der Waals surface area (Å²) >= 11 is 0. The number of nitrogens with one attached hydrogen (secondary N) is 2. The minimum absolute atomic E-state index is 0.0351. The maximum absolute atomic E-state index is 13.1. The Kier molecular flexibility index (Phi) is 6.52. The van der Waals surface area contributed by atoms with Gasteiger partial charge < -0.3 is 15.5 Å². The Bertz CT molecular complexity index is 845. The van der Waals surface area contributed by atoms with Gasteiger partial charge in [-0.05, 0) is 69.5 Å². The fourth-order valence-corrected chi connectivity index (χ4v) is 3.63. The average molecular weight is 395 g/mol. The molecule has 1 aliphatic heterocycles. The highest BCUT2D eigenvalue weighted by atomic mass is 16.2. The lowest BCUT2D eigenvalue weighted by atomic mass is 10.0. The van der Waals surface area contributed by atoms with Gasteiger partial charge in [-0.1, -0.05) is 18.9 Å². The van der Waals surface area contributed by atoms with Gasteiger partial charge in [-0.2, -0.15) is 0 Å². The fourth-order valence-electron chi connectivity index (χ4n) is 3.63. The molecule has 0 bridgehead atoms. The highest BCUT2D eigenvalue weighted by Gasteiger charge is 2.27. The van der Waals surface area contributed by atoms with Crippen molar-refractivity contribution in [2.45, 2.75) is 58.0 Å². The van der Waals surface area contributed by atoms with E-state index in [1.54, 1.807) is 30.6 Å². The summed E-state index contributed by atoms with van der Waals surface area (Å²) in [5.74, 6) is -0.155. The second-order valence-corrected chi connectivity index (χ2v) is 8.55. The van der Waals surface area contributed by atoms with E-state index in [-0.39, 0.29) is 23.5 Å². The molecule has 6 heteroatoms. The Morgan fingerprint density at radius 3 is 2.55 bits per heavy atom. The predicted octanol–water partition coefficient (Wildman–Crippen LogP) is 4.76. The molecule has 2 heterocycles. The number of rotatable bonds is 3. The molecule has 1 unspecified atom stereocenters. The first kappa shape index (κ1) is 20.8. The number of amides is 3. The number of hydrogen-bond donors (Lipinski definition) is 2. The van der Waals surface area contributed by atoms with E-state index in [0.29, 0.717) is 17.8 Å². The molecule has 6 nitrogen and oxygen atoms in total. The molecule has 1 atom stereocenters. The highest BCUT2D eigenvalue weighted by molar-refractivity contribution is 5.97. The number of carbonyl (C=O) groups excluding carboxylic acids is 2. The monoisotopic (exact) mass is 394 g/mol. The highest BCUT2D eigenvalue weighted by Crippen LogP contribution is 2.30. The van der Waals surface area contributed by atoms with E-state index in [1.807, 2.05) is 43.9 Å². The van der Waals surface area contributed by atoms with E-state index in [4.69, 9.17) is 0 Å². The summed E-state index contributed by atoms with van der Waals surface area (Å²) in [5, 5.41) is 5.94. The lowest BCUT2D eigenvalue weighted by molar-refractivity contribution is 0.0919. The van der Waals surface area contributed by atoms with Crippen molar-refractivity contribution >= 4 is 17.6 Å². The smallest absolute Gasteiger partial charge is 0.322 e. The maximum Gasteiger partial charge on any atom is 0.322 e. The molecule has 1 fully saturated rings. The zero-order valence-corrected chi connectivity index (χ0v) is 17.4. The molecule has 0 aliphatic carbocycles. The van der Waals surface area contributed by atoms with Crippen LogP contribution in [0.25, 0.3) is 0 Å². The van der Waals surface area contributed by atoms with Gasteiger partial charge in [-0.15, -0.1) is 0 Å². The summed E-state index contributed by atoms with van der Waals surface area (Å²) in [6, 6.07) is 10.9. The largest absolute Gasteiger partial charge is 0.347 e. The van der Waals surface area contributed by atoms with Crippen LogP contribution in [0.2, 0.25) is 0 Å². The van der Waals surface area contributed by atoms with Crippen LogP contribution in [0.3, 0.4) is 0 Å². The average Bonchev–Trinajstić information content (AvgIpc) is 2.94. The Hall–Kier alpha value is -2.89. The Labute approximate surface area is 172 Å².